The van der Waals surface area contributed by atoms with Gasteiger partial charge < -0.3 is 19.9 Å². The summed E-state index contributed by atoms with van der Waals surface area (Å²) in [6.45, 7) is 5.17. The Morgan fingerprint density at radius 2 is 2.00 bits per heavy atom. The second kappa shape index (κ2) is 8.41. The molecule has 0 bridgehead atoms. The molecular weight excluding hydrogens is 370 g/mol. The van der Waals surface area contributed by atoms with Crippen LogP contribution in [0.2, 0.25) is 0 Å². The van der Waals surface area contributed by atoms with E-state index in [2.05, 4.69) is 32.0 Å². The molecule has 26 heavy (non-hydrogen) atoms. The standard InChI is InChI=1S/C17H21N5O2S2/c1-3-12-11-13(15(23)24-2)14(26-12)20-17(25)22-9-7-21(8-10-22)16-18-5-4-6-19-16/h4-6,11H,3,7-10H2,1-2H3,(H,20,25). The maximum Gasteiger partial charge on any atom is 0.340 e. The lowest BCUT2D eigenvalue weighted by molar-refractivity contribution is 0.0602. The normalized spacial score (nSPS) is 14.2. The number of nitrogens with one attached hydrogen (secondary N) is 1. The van der Waals surface area contributed by atoms with E-state index in [9.17, 15) is 4.79 Å². The summed E-state index contributed by atoms with van der Waals surface area (Å²) >= 11 is 7.10. The molecule has 0 spiro atoms. The number of thiocarbonyl (C=S) groups is 1. The van der Waals surface area contributed by atoms with Crippen LogP contribution in [0.4, 0.5) is 10.9 Å². The van der Waals surface area contributed by atoms with Gasteiger partial charge in [-0.05, 0) is 30.8 Å². The maximum absolute atomic E-state index is 12.0. The summed E-state index contributed by atoms with van der Waals surface area (Å²) in [6.07, 6.45) is 4.35. The third-order valence-corrected chi connectivity index (χ3v) is 5.71. The topological polar surface area (TPSA) is 70.6 Å². The molecule has 1 N–H and O–H groups in total. The number of methoxy groups -OCH3 is 1. The van der Waals surface area contributed by atoms with Crippen molar-refractivity contribution in [2.45, 2.75) is 13.3 Å². The Kier molecular flexibility index (Phi) is 6.00. The van der Waals surface area contributed by atoms with E-state index in [-0.39, 0.29) is 5.97 Å². The van der Waals surface area contributed by atoms with Crippen LogP contribution in [0.1, 0.15) is 22.2 Å². The second-order valence-electron chi connectivity index (χ2n) is 5.75. The molecule has 138 valence electrons. The van der Waals surface area contributed by atoms with Gasteiger partial charge in [-0.2, -0.15) is 0 Å². The van der Waals surface area contributed by atoms with Crippen molar-refractivity contribution in [3.63, 3.8) is 0 Å². The summed E-state index contributed by atoms with van der Waals surface area (Å²) in [7, 11) is 1.39. The first-order valence-corrected chi connectivity index (χ1v) is 9.63. The molecule has 1 saturated heterocycles. The van der Waals surface area contributed by atoms with E-state index in [1.165, 1.54) is 18.4 Å². The predicted octanol–water partition coefficient (Wildman–Crippen LogP) is 2.41. The molecule has 2 aromatic rings. The molecule has 0 atom stereocenters. The van der Waals surface area contributed by atoms with Crippen LogP contribution in [0.5, 0.6) is 0 Å². The van der Waals surface area contributed by atoms with Crippen LogP contribution >= 0.6 is 23.6 Å². The van der Waals surface area contributed by atoms with Crippen molar-refractivity contribution in [3.05, 3.63) is 35.0 Å². The van der Waals surface area contributed by atoms with Crippen LogP contribution in [-0.2, 0) is 11.2 Å². The molecule has 0 amide bonds. The SMILES string of the molecule is CCc1cc(C(=O)OC)c(NC(=S)N2CCN(c3ncccn3)CC2)s1. The van der Waals surface area contributed by atoms with Crippen molar-refractivity contribution >= 4 is 45.6 Å². The Hall–Kier alpha value is -2.26. The lowest BCUT2D eigenvalue weighted by Gasteiger charge is -2.36. The zero-order valence-electron chi connectivity index (χ0n) is 14.8. The highest BCUT2D eigenvalue weighted by molar-refractivity contribution is 7.80. The van der Waals surface area contributed by atoms with Gasteiger partial charge in [-0.3, -0.25) is 0 Å². The number of hydrogen-bond donors (Lipinski definition) is 1. The number of piperazine rings is 1. The molecule has 0 radical (unpaired) electrons. The van der Waals surface area contributed by atoms with Crippen molar-refractivity contribution < 1.29 is 9.53 Å². The minimum atomic E-state index is -0.350. The average molecular weight is 392 g/mol. The van der Waals surface area contributed by atoms with Gasteiger partial charge in [-0.1, -0.05) is 6.92 Å². The Balaban J connectivity index is 1.63. The molecule has 3 heterocycles. The molecule has 9 heteroatoms. The molecule has 0 saturated carbocycles. The lowest BCUT2D eigenvalue weighted by atomic mass is 10.2. The fourth-order valence-corrected chi connectivity index (χ4v) is 4.04. The van der Waals surface area contributed by atoms with E-state index in [0.717, 1.165) is 48.4 Å². The van der Waals surface area contributed by atoms with Crippen LogP contribution < -0.4 is 10.2 Å². The summed E-state index contributed by atoms with van der Waals surface area (Å²) in [5.41, 5.74) is 0.535. The first kappa shape index (κ1) is 18.5. The van der Waals surface area contributed by atoms with Gasteiger partial charge in [0.25, 0.3) is 0 Å². The number of hydrogen-bond acceptors (Lipinski definition) is 7. The number of thiophene rings is 1. The summed E-state index contributed by atoms with van der Waals surface area (Å²) in [5.74, 6) is 0.391. The number of esters is 1. The molecule has 2 aromatic heterocycles. The largest absolute Gasteiger partial charge is 0.465 e. The number of aromatic nitrogens is 2. The molecule has 1 aliphatic rings. The minimum absolute atomic E-state index is 0.350. The minimum Gasteiger partial charge on any atom is -0.465 e. The Bertz CT molecular complexity index is 773. The fraction of sp³-hybridized carbons (Fsp3) is 0.412. The zero-order valence-corrected chi connectivity index (χ0v) is 16.4. The second-order valence-corrected chi connectivity index (χ2v) is 7.28. The number of anilines is 2. The van der Waals surface area contributed by atoms with E-state index in [4.69, 9.17) is 17.0 Å². The van der Waals surface area contributed by atoms with Crippen LogP contribution in [0.3, 0.4) is 0 Å². The van der Waals surface area contributed by atoms with Crippen LogP contribution in [-0.4, -0.2) is 59.2 Å². The van der Waals surface area contributed by atoms with Gasteiger partial charge in [0.05, 0.1) is 12.7 Å². The molecule has 1 fully saturated rings. The highest BCUT2D eigenvalue weighted by Crippen LogP contribution is 2.29. The van der Waals surface area contributed by atoms with E-state index in [1.54, 1.807) is 12.4 Å². The number of nitrogens with zero attached hydrogens (tertiary/aromatic N) is 4. The van der Waals surface area contributed by atoms with Gasteiger partial charge in [0.2, 0.25) is 5.95 Å². The van der Waals surface area contributed by atoms with Crippen LogP contribution in [0, 0.1) is 0 Å². The average Bonchev–Trinajstić information content (AvgIpc) is 3.11. The fourth-order valence-electron chi connectivity index (χ4n) is 2.71. The van der Waals surface area contributed by atoms with Crippen LogP contribution in [0.15, 0.2) is 24.5 Å². The third kappa shape index (κ3) is 4.10. The maximum atomic E-state index is 12.0. The smallest absolute Gasteiger partial charge is 0.340 e. The van der Waals surface area contributed by atoms with E-state index >= 15 is 0 Å². The third-order valence-electron chi connectivity index (χ3n) is 4.16. The molecule has 3 rings (SSSR count). The number of aryl methyl sites for hydroxylation is 1. The van der Waals surface area contributed by atoms with E-state index in [1.807, 2.05) is 12.1 Å². The van der Waals surface area contributed by atoms with Crippen LogP contribution in [0.25, 0.3) is 0 Å². The zero-order chi connectivity index (χ0) is 18.5. The molecule has 7 nitrogen and oxygen atoms in total. The van der Waals surface area contributed by atoms with Crippen molar-refractivity contribution in [3.8, 4) is 0 Å². The quantitative estimate of drug-likeness (QED) is 0.629. The van der Waals surface area contributed by atoms with Gasteiger partial charge in [0.15, 0.2) is 5.11 Å². The first-order chi connectivity index (χ1) is 12.6. The summed E-state index contributed by atoms with van der Waals surface area (Å²) in [5, 5.41) is 4.59. The number of rotatable bonds is 4. The number of ether oxygens (including phenoxy) is 1. The highest BCUT2D eigenvalue weighted by Gasteiger charge is 2.23. The van der Waals surface area contributed by atoms with Crippen molar-refractivity contribution in [1.82, 2.24) is 14.9 Å². The van der Waals surface area contributed by atoms with Gasteiger partial charge in [-0.25, -0.2) is 14.8 Å². The highest BCUT2D eigenvalue weighted by atomic mass is 32.1. The summed E-state index contributed by atoms with van der Waals surface area (Å²) < 4.78 is 4.88. The number of carbonyl (C=O) groups excluding carboxylic acids is 1. The molecule has 0 aliphatic carbocycles. The number of carbonyl (C=O) groups is 1. The molecule has 0 aromatic carbocycles. The van der Waals surface area contributed by atoms with Crippen molar-refractivity contribution in [1.29, 1.82) is 0 Å². The van der Waals surface area contributed by atoms with E-state index < -0.39 is 0 Å². The van der Waals surface area contributed by atoms with Crippen molar-refractivity contribution in [2.75, 3.05) is 43.5 Å². The van der Waals surface area contributed by atoms with Gasteiger partial charge >= 0.3 is 5.97 Å². The molecule has 1 aliphatic heterocycles. The van der Waals surface area contributed by atoms with E-state index in [0.29, 0.717) is 10.7 Å². The van der Waals surface area contributed by atoms with Crippen molar-refractivity contribution in [2.24, 2.45) is 0 Å². The monoisotopic (exact) mass is 391 g/mol. The van der Waals surface area contributed by atoms with Gasteiger partial charge in [-0.15, -0.1) is 11.3 Å². The molecule has 0 unspecified atom stereocenters. The Morgan fingerprint density at radius 3 is 2.62 bits per heavy atom. The first-order valence-electron chi connectivity index (χ1n) is 8.41. The molecular formula is C17H21N5O2S2. The Labute approximate surface area is 162 Å². The summed E-state index contributed by atoms with van der Waals surface area (Å²) in [4.78, 5) is 25.9. The van der Waals surface area contributed by atoms with Gasteiger partial charge in [0.1, 0.15) is 5.00 Å². The lowest BCUT2D eigenvalue weighted by Crippen LogP contribution is -2.50. The summed E-state index contributed by atoms with van der Waals surface area (Å²) in [6, 6.07) is 3.68. The van der Waals surface area contributed by atoms with Gasteiger partial charge in [0, 0.05) is 43.4 Å². The predicted molar refractivity (Wildman–Crippen MR) is 107 cm³/mol. The Morgan fingerprint density at radius 1 is 1.31 bits per heavy atom.